The molecule has 3 heterocycles. The molecule has 1 aliphatic rings. The number of aromatic nitrogens is 3. The Balaban J connectivity index is 1.28. The van der Waals surface area contributed by atoms with E-state index in [2.05, 4.69) is 140 Å². The molecule has 0 unspecified atom stereocenters. The highest BCUT2D eigenvalue weighted by molar-refractivity contribution is 7.03. The second-order valence-electron chi connectivity index (χ2n) is 14.0. The second kappa shape index (κ2) is 11.8. The van der Waals surface area contributed by atoms with E-state index < -0.39 is 8.07 Å². The minimum absolute atomic E-state index is 0.601. The smallest absolute Gasteiger partial charge is 0.164 e. The normalized spacial score (nSPS) is 13.0. The summed E-state index contributed by atoms with van der Waals surface area (Å²) < 4.78 is 6.45. The van der Waals surface area contributed by atoms with Crippen molar-refractivity contribution in [3.8, 4) is 67.5 Å². The number of nitrogens with zero attached hydrogens (tertiary/aromatic N) is 3. The minimum Gasteiger partial charge on any atom is -0.456 e. The van der Waals surface area contributed by atoms with Crippen molar-refractivity contribution in [1.82, 2.24) is 15.0 Å². The number of para-hydroxylation sites is 1. The van der Waals surface area contributed by atoms with Crippen molar-refractivity contribution in [3.05, 3.63) is 164 Å². The lowest BCUT2D eigenvalue weighted by atomic mass is 9.94. The molecule has 0 atom stereocenters. The van der Waals surface area contributed by atoms with Gasteiger partial charge in [-0.2, -0.15) is 0 Å². The number of furan rings is 1. The van der Waals surface area contributed by atoms with Crippen LogP contribution in [0.1, 0.15) is 0 Å². The van der Waals surface area contributed by atoms with Crippen molar-refractivity contribution in [3.63, 3.8) is 0 Å². The molecule has 4 nitrogen and oxygen atoms in total. The van der Waals surface area contributed by atoms with Crippen molar-refractivity contribution >= 4 is 40.4 Å². The maximum absolute atomic E-state index is 6.45. The van der Waals surface area contributed by atoms with Gasteiger partial charge in [-0.05, 0) is 68.0 Å². The Morgan fingerprint density at radius 1 is 0.365 bits per heavy atom. The SMILES string of the molecule is C[Si]1(C)c2ccccc2-c2cc(-c3ccccc3)c(-c3nc(-c4ccccc4)nc(-c4cc5oc6ccccc6c5cc4-c4ccccc4)n3)cc21. The predicted molar refractivity (Wildman–Crippen MR) is 216 cm³/mol. The van der Waals surface area contributed by atoms with Gasteiger partial charge >= 0.3 is 0 Å². The molecular formula is C47H33N3OSi. The zero-order valence-electron chi connectivity index (χ0n) is 28.8. The van der Waals surface area contributed by atoms with Gasteiger partial charge in [-0.25, -0.2) is 15.0 Å². The summed E-state index contributed by atoms with van der Waals surface area (Å²) >= 11 is 0. The first-order valence-corrected chi connectivity index (χ1v) is 20.7. The molecule has 52 heavy (non-hydrogen) atoms. The Morgan fingerprint density at radius 2 is 0.904 bits per heavy atom. The predicted octanol–water partition coefficient (Wildman–Crippen LogP) is 10.9. The maximum Gasteiger partial charge on any atom is 0.164 e. The van der Waals surface area contributed by atoms with Crippen LogP contribution in [-0.2, 0) is 0 Å². The molecule has 10 rings (SSSR count). The van der Waals surface area contributed by atoms with E-state index in [9.17, 15) is 0 Å². The Bertz CT molecular complexity index is 2810. The Kier molecular flexibility index (Phi) is 6.91. The van der Waals surface area contributed by atoms with E-state index in [-0.39, 0.29) is 0 Å². The topological polar surface area (TPSA) is 51.8 Å². The van der Waals surface area contributed by atoms with Gasteiger partial charge in [-0.3, -0.25) is 0 Å². The van der Waals surface area contributed by atoms with Gasteiger partial charge < -0.3 is 4.42 Å². The van der Waals surface area contributed by atoms with Gasteiger partial charge in [0.25, 0.3) is 0 Å². The molecule has 246 valence electrons. The van der Waals surface area contributed by atoms with Crippen LogP contribution >= 0.6 is 0 Å². The maximum atomic E-state index is 6.45. The number of benzene rings is 7. The van der Waals surface area contributed by atoms with E-state index >= 15 is 0 Å². The fraction of sp³-hybridized carbons (Fsp3) is 0.0426. The molecule has 0 spiro atoms. The molecule has 7 aromatic carbocycles. The van der Waals surface area contributed by atoms with Gasteiger partial charge in [0.05, 0.1) is 0 Å². The second-order valence-corrected chi connectivity index (χ2v) is 18.3. The lowest BCUT2D eigenvalue weighted by Crippen LogP contribution is -2.49. The summed E-state index contributed by atoms with van der Waals surface area (Å²) in [6, 6.07) is 57.6. The van der Waals surface area contributed by atoms with Crippen molar-refractivity contribution in [2.75, 3.05) is 0 Å². The number of hydrogen-bond donors (Lipinski definition) is 0. The van der Waals surface area contributed by atoms with Crippen LogP contribution in [0, 0.1) is 0 Å². The quantitative estimate of drug-likeness (QED) is 0.169. The molecule has 0 radical (unpaired) electrons. The number of rotatable bonds is 5. The van der Waals surface area contributed by atoms with E-state index in [0.29, 0.717) is 17.5 Å². The zero-order chi connectivity index (χ0) is 34.8. The Labute approximate surface area is 303 Å². The molecule has 1 aliphatic heterocycles. The van der Waals surface area contributed by atoms with Crippen LogP contribution in [0.3, 0.4) is 0 Å². The van der Waals surface area contributed by atoms with E-state index in [1.807, 2.05) is 36.4 Å². The lowest BCUT2D eigenvalue weighted by Gasteiger charge is -2.21. The van der Waals surface area contributed by atoms with Crippen molar-refractivity contribution in [1.29, 1.82) is 0 Å². The summed E-state index contributed by atoms with van der Waals surface area (Å²) in [4.78, 5) is 15.9. The standard InChI is InChI=1S/C47H33N3OSi/c1-52(2)43-25-15-13-23-34(43)38-27-36(31-18-8-4-9-19-31)40(29-44(38)52)47-49-45(32-20-10-5-11-21-32)48-46(50-47)39-28-42-37(33-22-12-14-24-41(33)51-42)26-35(39)30-16-6-3-7-17-30/h3-29H,1-2H3. The van der Waals surface area contributed by atoms with E-state index in [1.165, 1.54) is 21.5 Å². The average molecular weight is 684 g/mol. The molecule has 0 aliphatic carbocycles. The molecule has 0 N–H and O–H groups in total. The molecule has 0 bridgehead atoms. The van der Waals surface area contributed by atoms with Crippen molar-refractivity contribution < 1.29 is 4.42 Å². The molecule has 9 aromatic rings. The number of hydrogen-bond acceptors (Lipinski definition) is 4. The third-order valence-corrected chi connectivity index (χ3v) is 14.1. The largest absolute Gasteiger partial charge is 0.456 e. The third kappa shape index (κ3) is 4.85. The van der Waals surface area contributed by atoms with E-state index in [1.54, 1.807) is 0 Å². The lowest BCUT2D eigenvalue weighted by molar-refractivity contribution is 0.669. The van der Waals surface area contributed by atoms with Gasteiger partial charge in [0, 0.05) is 27.5 Å². The van der Waals surface area contributed by atoms with Crippen LogP contribution < -0.4 is 10.4 Å². The van der Waals surface area contributed by atoms with Gasteiger partial charge in [-0.15, -0.1) is 0 Å². The molecule has 0 amide bonds. The van der Waals surface area contributed by atoms with Gasteiger partial charge in [0.1, 0.15) is 19.2 Å². The molecule has 5 heteroatoms. The van der Waals surface area contributed by atoms with Gasteiger partial charge in [0.2, 0.25) is 0 Å². The van der Waals surface area contributed by atoms with Crippen LogP contribution in [-0.4, -0.2) is 23.0 Å². The summed E-state index contributed by atoms with van der Waals surface area (Å²) in [6.07, 6.45) is 0. The average Bonchev–Trinajstić information content (AvgIpc) is 3.68. The van der Waals surface area contributed by atoms with Crippen molar-refractivity contribution in [2.24, 2.45) is 0 Å². The molecule has 0 saturated heterocycles. The monoisotopic (exact) mass is 683 g/mol. The third-order valence-electron chi connectivity index (χ3n) is 10.6. The highest BCUT2D eigenvalue weighted by Gasteiger charge is 2.38. The van der Waals surface area contributed by atoms with Gasteiger partial charge in [-0.1, -0.05) is 153 Å². The molecule has 0 fully saturated rings. The van der Waals surface area contributed by atoms with Crippen molar-refractivity contribution in [2.45, 2.75) is 13.1 Å². The van der Waals surface area contributed by atoms with Gasteiger partial charge in [0.15, 0.2) is 17.5 Å². The molecule has 0 saturated carbocycles. The summed E-state index contributed by atoms with van der Waals surface area (Å²) in [5.74, 6) is 1.88. The fourth-order valence-electron chi connectivity index (χ4n) is 7.94. The molecular weight excluding hydrogens is 651 g/mol. The van der Waals surface area contributed by atoms with E-state index in [0.717, 1.165) is 60.9 Å². The first-order chi connectivity index (χ1) is 25.5. The molecule has 2 aromatic heterocycles. The summed E-state index contributed by atoms with van der Waals surface area (Å²) in [5.41, 5.74) is 11.5. The minimum atomic E-state index is -2.01. The zero-order valence-corrected chi connectivity index (χ0v) is 29.8. The first kappa shape index (κ1) is 30.4. The Hall–Kier alpha value is -6.43. The summed E-state index contributed by atoms with van der Waals surface area (Å²) in [6.45, 7) is 4.90. The van der Waals surface area contributed by atoms with E-state index in [4.69, 9.17) is 19.4 Å². The number of fused-ring (bicyclic) bond motifs is 6. The van der Waals surface area contributed by atoms with Crippen LogP contribution in [0.25, 0.3) is 89.5 Å². The van der Waals surface area contributed by atoms with Crippen LogP contribution in [0.2, 0.25) is 13.1 Å². The highest BCUT2D eigenvalue weighted by atomic mass is 28.3. The Morgan fingerprint density at radius 3 is 1.60 bits per heavy atom. The van der Waals surface area contributed by atoms with Crippen LogP contribution in [0.5, 0.6) is 0 Å². The van der Waals surface area contributed by atoms with Crippen LogP contribution in [0.4, 0.5) is 0 Å². The highest BCUT2D eigenvalue weighted by Crippen LogP contribution is 2.41. The summed E-state index contributed by atoms with van der Waals surface area (Å²) in [5, 5.41) is 5.02. The van der Waals surface area contributed by atoms with Crippen LogP contribution in [0.15, 0.2) is 168 Å². The fourth-order valence-corrected chi connectivity index (χ4v) is 11.0. The first-order valence-electron chi connectivity index (χ1n) is 17.7. The summed E-state index contributed by atoms with van der Waals surface area (Å²) in [7, 11) is -2.01.